The van der Waals surface area contributed by atoms with Gasteiger partial charge in [0, 0.05) is 28.0 Å². The first-order valence-electron chi connectivity index (χ1n) is 8.45. The first kappa shape index (κ1) is 18.0. The summed E-state index contributed by atoms with van der Waals surface area (Å²) in [6, 6.07) is 23.7. The normalized spacial score (nSPS) is 10.5. The van der Waals surface area contributed by atoms with Gasteiger partial charge in [0.05, 0.1) is 4.90 Å². The molecule has 3 nitrogen and oxygen atoms in total. The lowest BCUT2D eigenvalue weighted by atomic mass is 10.1. The molecule has 0 atom stereocenters. The number of aromatic hydroxyl groups is 1. The smallest absolute Gasteiger partial charge is 0.131 e. The summed E-state index contributed by atoms with van der Waals surface area (Å²) >= 11 is 1.50. The molecule has 4 N–H and O–H groups in total. The average molecular weight is 362 g/mol. The first-order chi connectivity index (χ1) is 12.6. The third-order valence-electron chi connectivity index (χ3n) is 3.94. The van der Waals surface area contributed by atoms with Gasteiger partial charge in [-0.25, -0.2) is 0 Å². The molecule has 0 aliphatic heterocycles. The van der Waals surface area contributed by atoms with Crippen LogP contribution in [0, 0.1) is 0 Å². The van der Waals surface area contributed by atoms with Crippen molar-refractivity contribution in [2.24, 2.45) is 0 Å². The molecule has 0 radical (unpaired) electrons. The van der Waals surface area contributed by atoms with Crippen LogP contribution in [0.3, 0.4) is 0 Å². The SMILES string of the molecule is C=C(CCc1ccccc1)Nc1ccc(Sc2ccc(N)cc2O)cc1. The summed E-state index contributed by atoms with van der Waals surface area (Å²) < 4.78 is 0. The number of phenols is 1. The zero-order valence-electron chi connectivity index (χ0n) is 14.5. The zero-order chi connectivity index (χ0) is 18.4. The molecule has 0 aliphatic carbocycles. The lowest BCUT2D eigenvalue weighted by Crippen LogP contribution is -1.99. The molecule has 0 bridgehead atoms. The van der Waals surface area contributed by atoms with Crippen molar-refractivity contribution in [1.82, 2.24) is 0 Å². The van der Waals surface area contributed by atoms with Gasteiger partial charge in [-0.1, -0.05) is 48.7 Å². The molecule has 0 saturated heterocycles. The minimum absolute atomic E-state index is 0.200. The Morgan fingerprint density at radius 3 is 2.42 bits per heavy atom. The van der Waals surface area contributed by atoms with Crippen molar-refractivity contribution in [2.75, 3.05) is 11.1 Å². The van der Waals surface area contributed by atoms with Gasteiger partial charge in [-0.05, 0) is 54.8 Å². The molecule has 3 aromatic carbocycles. The highest BCUT2D eigenvalue weighted by molar-refractivity contribution is 7.99. The van der Waals surface area contributed by atoms with E-state index in [1.165, 1.54) is 17.3 Å². The highest BCUT2D eigenvalue weighted by Crippen LogP contribution is 2.35. The summed E-state index contributed by atoms with van der Waals surface area (Å²) in [4.78, 5) is 1.83. The highest BCUT2D eigenvalue weighted by atomic mass is 32.2. The van der Waals surface area contributed by atoms with Crippen LogP contribution in [0.1, 0.15) is 12.0 Å². The van der Waals surface area contributed by atoms with Crippen LogP contribution in [0.2, 0.25) is 0 Å². The van der Waals surface area contributed by atoms with Crippen molar-refractivity contribution in [2.45, 2.75) is 22.6 Å². The Morgan fingerprint density at radius 1 is 1.00 bits per heavy atom. The highest BCUT2D eigenvalue weighted by Gasteiger charge is 2.05. The fraction of sp³-hybridized carbons (Fsp3) is 0.0909. The number of nitrogens with two attached hydrogens (primary N) is 1. The molecule has 0 aromatic heterocycles. The fourth-order valence-electron chi connectivity index (χ4n) is 2.56. The maximum absolute atomic E-state index is 9.95. The molecule has 0 spiro atoms. The second-order valence-electron chi connectivity index (χ2n) is 6.07. The second kappa shape index (κ2) is 8.50. The summed E-state index contributed by atoms with van der Waals surface area (Å²) in [5.41, 5.74) is 9.53. The third kappa shape index (κ3) is 5.07. The number of phenolic OH excluding ortho intramolecular Hbond substituents is 1. The van der Waals surface area contributed by atoms with E-state index < -0.39 is 0 Å². The van der Waals surface area contributed by atoms with Gasteiger partial charge in [-0.15, -0.1) is 0 Å². The van der Waals surface area contributed by atoms with E-state index in [0.717, 1.165) is 34.0 Å². The molecule has 132 valence electrons. The first-order valence-corrected chi connectivity index (χ1v) is 9.27. The summed E-state index contributed by atoms with van der Waals surface area (Å²) in [7, 11) is 0. The summed E-state index contributed by atoms with van der Waals surface area (Å²) in [6.07, 6.45) is 1.86. The van der Waals surface area contributed by atoms with Crippen LogP contribution in [0.5, 0.6) is 5.75 Å². The number of nitrogens with one attached hydrogen (secondary N) is 1. The van der Waals surface area contributed by atoms with Crippen molar-refractivity contribution in [1.29, 1.82) is 0 Å². The Labute approximate surface area is 158 Å². The van der Waals surface area contributed by atoms with Crippen LogP contribution in [0.15, 0.2) is 94.9 Å². The maximum Gasteiger partial charge on any atom is 0.131 e. The van der Waals surface area contributed by atoms with Gasteiger partial charge in [-0.3, -0.25) is 0 Å². The van der Waals surface area contributed by atoms with Crippen LogP contribution in [0.4, 0.5) is 11.4 Å². The Balaban J connectivity index is 1.54. The zero-order valence-corrected chi connectivity index (χ0v) is 15.3. The molecule has 0 fully saturated rings. The fourth-order valence-corrected chi connectivity index (χ4v) is 3.39. The lowest BCUT2D eigenvalue weighted by Gasteiger charge is -2.11. The van der Waals surface area contributed by atoms with Crippen LogP contribution < -0.4 is 11.1 Å². The standard InChI is InChI=1S/C22H22N2OS/c1-16(7-8-17-5-3-2-4-6-17)24-19-10-12-20(13-11-19)26-22-14-9-18(23)15-21(22)25/h2-6,9-15,24-25H,1,7-8,23H2. The molecular formula is C22H22N2OS. The molecule has 0 heterocycles. The molecule has 3 aromatic rings. The van der Waals surface area contributed by atoms with E-state index in [-0.39, 0.29) is 5.75 Å². The number of allylic oxidation sites excluding steroid dienone is 1. The quantitative estimate of drug-likeness (QED) is 0.473. The Morgan fingerprint density at radius 2 is 1.73 bits per heavy atom. The topological polar surface area (TPSA) is 58.3 Å². The number of hydrogen-bond acceptors (Lipinski definition) is 4. The van der Waals surface area contributed by atoms with E-state index >= 15 is 0 Å². The van der Waals surface area contributed by atoms with Crippen molar-refractivity contribution >= 4 is 23.1 Å². The Kier molecular flexibility index (Phi) is 5.87. The summed E-state index contributed by atoms with van der Waals surface area (Å²) in [5, 5.41) is 13.3. The monoisotopic (exact) mass is 362 g/mol. The van der Waals surface area contributed by atoms with Gasteiger partial charge in [-0.2, -0.15) is 0 Å². The van der Waals surface area contributed by atoms with Crippen LogP contribution in [-0.2, 0) is 6.42 Å². The number of aryl methyl sites for hydroxylation is 1. The van der Waals surface area contributed by atoms with Crippen LogP contribution >= 0.6 is 11.8 Å². The second-order valence-corrected chi connectivity index (χ2v) is 7.18. The molecular weight excluding hydrogens is 340 g/mol. The van der Waals surface area contributed by atoms with Crippen LogP contribution in [-0.4, -0.2) is 5.11 Å². The minimum Gasteiger partial charge on any atom is -0.507 e. The van der Waals surface area contributed by atoms with Crippen molar-refractivity contribution < 1.29 is 5.11 Å². The Bertz CT molecular complexity index is 876. The van der Waals surface area contributed by atoms with E-state index in [4.69, 9.17) is 5.73 Å². The molecule has 0 unspecified atom stereocenters. The lowest BCUT2D eigenvalue weighted by molar-refractivity contribution is 0.463. The van der Waals surface area contributed by atoms with E-state index in [2.05, 4.69) is 36.2 Å². The average Bonchev–Trinajstić information content (AvgIpc) is 2.65. The summed E-state index contributed by atoms with van der Waals surface area (Å²) in [5.74, 6) is 0.200. The molecule has 4 heteroatoms. The predicted molar refractivity (Wildman–Crippen MR) is 111 cm³/mol. The molecule has 0 saturated carbocycles. The number of rotatable bonds is 7. The van der Waals surface area contributed by atoms with Gasteiger partial charge in [0.15, 0.2) is 0 Å². The number of hydrogen-bond donors (Lipinski definition) is 3. The van der Waals surface area contributed by atoms with Crippen molar-refractivity contribution in [3.05, 3.63) is 90.6 Å². The van der Waals surface area contributed by atoms with Gasteiger partial charge >= 0.3 is 0 Å². The van der Waals surface area contributed by atoms with Gasteiger partial charge in [0.25, 0.3) is 0 Å². The number of nitrogen functional groups attached to an aromatic ring is 1. The van der Waals surface area contributed by atoms with Crippen molar-refractivity contribution in [3.63, 3.8) is 0 Å². The molecule has 0 amide bonds. The van der Waals surface area contributed by atoms with E-state index in [9.17, 15) is 5.11 Å². The van der Waals surface area contributed by atoms with Crippen LogP contribution in [0.25, 0.3) is 0 Å². The van der Waals surface area contributed by atoms with Gasteiger partial charge < -0.3 is 16.2 Å². The number of benzene rings is 3. The molecule has 0 aliphatic rings. The summed E-state index contributed by atoms with van der Waals surface area (Å²) in [6.45, 7) is 4.11. The third-order valence-corrected chi connectivity index (χ3v) is 5.02. The minimum atomic E-state index is 0.200. The molecule has 3 rings (SSSR count). The van der Waals surface area contributed by atoms with E-state index in [1.807, 2.05) is 36.4 Å². The van der Waals surface area contributed by atoms with Crippen molar-refractivity contribution in [3.8, 4) is 5.75 Å². The van der Waals surface area contributed by atoms with Gasteiger partial charge in [0.1, 0.15) is 5.75 Å². The largest absolute Gasteiger partial charge is 0.507 e. The van der Waals surface area contributed by atoms with E-state index in [1.54, 1.807) is 12.1 Å². The Hall–Kier alpha value is -2.85. The number of anilines is 2. The maximum atomic E-state index is 9.95. The molecule has 26 heavy (non-hydrogen) atoms. The predicted octanol–water partition coefficient (Wildman–Crippen LogP) is 5.68. The van der Waals surface area contributed by atoms with E-state index in [0.29, 0.717) is 5.69 Å². The van der Waals surface area contributed by atoms with Gasteiger partial charge in [0.2, 0.25) is 0 Å².